The Labute approximate surface area is 98.6 Å². The van der Waals surface area contributed by atoms with Crippen LogP contribution in [-0.2, 0) is 0 Å². The highest BCUT2D eigenvalue weighted by atomic mass is 19.1. The Bertz CT molecular complexity index is 420. The number of aliphatic hydroxyl groups is 1. The van der Waals surface area contributed by atoms with Crippen molar-refractivity contribution < 1.29 is 19.4 Å². The molecule has 0 aliphatic carbocycles. The smallest absolute Gasteiger partial charge is 0.257 e. The number of carbonyl (C=O) groups is 1. The number of benzene rings is 1. The first-order chi connectivity index (χ1) is 8.10. The van der Waals surface area contributed by atoms with E-state index >= 15 is 0 Å². The van der Waals surface area contributed by atoms with Gasteiger partial charge in [0.1, 0.15) is 11.6 Å². The number of hydrogen-bond acceptors (Lipinski definition) is 3. The van der Waals surface area contributed by atoms with Gasteiger partial charge in [0.2, 0.25) is 0 Å². The Morgan fingerprint density at radius 1 is 1.53 bits per heavy atom. The van der Waals surface area contributed by atoms with Gasteiger partial charge in [0.05, 0.1) is 12.2 Å². The summed E-state index contributed by atoms with van der Waals surface area (Å²) in [5.74, 6) is -1.57. The van der Waals surface area contributed by atoms with Crippen molar-refractivity contribution >= 4 is 5.91 Å². The molecule has 0 spiro atoms. The van der Waals surface area contributed by atoms with Gasteiger partial charge < -0.3 is 15.1 Å². The maximum atomic E-state index is 13.4. The molecule has 4 nitrogen and oxygen atoms in total. The quantitative estimate of drug-likeness (QED) is 0.758. The SMILES string of the molecule is C=CCN(CCO)C(=O)c1ccc(O)cc1F. The third kappa shape index (κ3) is 3.29. The molecule has 0 saturated carbocycles. The average molecular weight is 239 g/mol. The van der Waals surface area contributed by atoms with Gasteiger partial charge in [-0.2, -0.15) is 0 Å². The number of halogens is 1. The summed E-state index contributed by atoms with van der Waals surface area (Å²) in [7, 11) is 0. The molecule has 1 amide bonds. The van der Waals surface area contributed by atoms with Crippen molar-refractivity contribution in [1.29, 1.82) is 0 Å². The number of rotatable bonds is 5. The summed E-state index contributed by atoms with van der Waals surface area (Å²) in [6, 6.07) is 3.32. The third-order valence-corrected chi connectivity index (χ3v) is 2.19. The van der Waals surface area contributed by atoms with Gasteiger partial charge in [0.25, 0.3) is 5.91 Å². The van der Waals surface area contributed by atoms with Crippen molar-refractivity contribution in [2.75, 3.05) is 19.7 Å². The van der Waals surface area contributed by atoms with E-state index in [0.717, 1.165) is 6.07 Å². The molecule has 2 N–H and O–H groups in total. The van der Waals surface area contributed by atoms with E-state index in [1.54, 1.807) is 0 Å². The standard InChI is InChI=1S/C12H14FNO3/c1-2-5-14(6-7-15)12(17)10-4-3-9(16)8-11(10)13/h2-4,8,15-16H,1,5-7H2. The number of amides is 1. The molecule has 92 valence electrons. The lowest BCUT2D eigenvalue weighted by atomic mass is 10.1. The highest BCUT2D eigenvalue weighted by Gasteiger charge is 2.18. The third-order valence-electron chi connectivity index (χ3n) is 2.19. The van der Waals surface area contributed by atoms with E-state index in [4.69, 9.17) is 10.2 Å². The molecule has 17 heavy (non-hydrogen) atoms. The lowest BCUT2D eigenvalue weighted by Gasteiger charge is -2.20. The van der Waals surface area contributed by atoms with Gasteiger partial charge in [-0.25, -0.2) is 4.39 Å². The van der Waals surface area contributed by atoms with Crippen molar-refractivity contribution in [3.8, 4) is 5.75 Å². The van der Waals surface area contributed by atoms with Crippen LogP contribution in [0.15, 0.2) is 30.9 Å². The largest absolute Gasteiger partial charge is 0.508 e. The second-order valence-corrected chi connectivity index (χ2v) is 3.43. The minimum absolute atomic E-state index is 0.102. The molecule has 0 aliphatic heterocycles. The molecule has 0 atom stereocenters. The van der Waals surface area contributed by atoms with Gasteiger partial charge in [-0.15, -0.1) is 6.58 Å². The number of phenols is 1. The van der Waals surface area contributed by atoms with Crippen LogP contribution < -0.4 is 0 Å². The highest BCUT2D eigenvalue weighted by Crippen LogP contribution is 2.16. The van der Waals surface area contributed by atoms with Gasteiger partial charge >= 0.3 is 0 Å². The first-order valence-corrected chi connectivity index (χ1v) is 5.09. The van der Waals surface area contributed by atoms with Crippen LogP contribution in [0.2, 0.25) is 0 Å². The molecule has 0 radical (unpaired) electrons. The molecule has 1 aromatic carbocycles. The van der Waals surface area contributed by atoms with Crippen LogP contribution in [0.3, 0.4) is 0 Å². The fourth-order valence-corrected chi connectivity index (χ4v) is 1.40. The first-order valence-electron chi connectivity index (χ1n) is 5.09. The number of aromatic hydroxyl groups is 1. The van der Waals surface area contributed by atoms with Gasteiger partial charge in [0, 0.05) is 19.2 Å². The van der Waals surface area contributed by atoms with E-state index in [0.29, 0.717) is 0 Å². The summed E-state index contributed by atoms with van der Waals surface area (Å²) >= 11 is 0. The molecule has 0 aliphatic rings. The van der Waals surface area contributed by atoms with E-state index in [1.165, 1.54) is 23.1 Å². The summed E-state index contributed by atoms with van der Waals surface area (Å²) in [5, 5.41) is 17.9. The second kappa shape index (κ2) is 6.00. The maximum absolute atomic E-state index is 13.4. The predicted octanol–water partition coefficient (Wildman–Crippen LogP) is 1.15. The Hall–Kier alpha value is -1.88. The molecular formula is C12H14FNO3. The van der Waals surface area contributed by atoms with Crippen LogP contribution in [0.1, 0.15) is 10.4 Å². The Kier molecular flexibility index (Phi) is 4.66. The van der Waals surface area contributed by atoms with Crippen LogP contribution >= 0.6 is 0 Å². The summed E-state index contributed by atoms with van der Waals surface area (Å²) in [5.41, 5.74) is -0.141. The zero-order chi connectivity index (χ0) is 12.8. The van der Waals surface area contributed by atoms with Gasteiger partial charge in [-0.3, -0.25) is 4.79 Å². The lowest BCUT2D eigenvalue weighted by molar-refractivity contribution is 0.0738. The van der Waals surface area contributed by atoms with E-state index in [-0.39, 0.29) is 31.0 Å². The fourth-order valence-electron chi connectivity index (χ4n) is 1.40. The summed E-state index contributed by atoms with van der Waals surface area (Å²) in [6.45, 7) is 3.60. The van der Waals surface area contributed by atoms with Gasteiger partial charge in [-0.1, -0.05) is 6.08 Å². The molecule has 0 aromatic heterocycles. The van der Waals surface area contributed by atoms with Crippen molar-refractivity contribution in [2.24, 2.45) is 0 Å². The van der Waals surface area contributed by atoms with Crippen LogP contribution in [0.4, 0.5) is 4.39 Å². The van der Waals surface area contributed by atoms with Crippen LogP contribution in [0.25, 0.3) is 0 Å². The molecule has 0 fully saturated rings. The number of nitrogens with zero attached hydrogens (tertiary/aromatic N) is 1. The van der Waals surface area contributed by atoms with Crippen molar-refractivity contribution in [3.63, 3.8) is 0 Å². The average Bonchev–Trinajstić information content (AvgIpc) is 2.28. The fraction of sp³-hybridized carbons (Fsp3) is 0.250. The van der Waals surface area contributed by atoms with Crippen LogP contribution in [0.5, 0.6) is 5.75 Å². The number of hydrogen-bond donors (Lipinski definition) is 2. The number of aliphatic hydroxyl groups excluding tert-OH is 1. The van der Waals surface area contributed by atoms with Crippen LogP contribution in [0, 0.1) is 5.82 Å². The maximum Gasteiger partial charge on any atom is 0.257 e. The van der Waals surface area contributed by atoms with Crippen LogP contribution in [-0.4, -0.2) is 40.7 Å². The molecule has 5 heteroatoms. The monoisotopic (exact) mass is 239 g/mol. The number of phenolic OH excluding ortho intramolecular Hbond substituents is 1. The Morgan fingerprint density at radius 3 is 2.76 bits per heavy atom. The van der Waals surface area contributed by atoms with Crippen molar-refractivity contribution in [3.05, 3.63) is 42.2 Å². The van der Waals surface area contributed by atoms with E-state index < -0.39 is 11.7 Å². The van der Waals surface area contributed by atoms with E-state index in [9.17, 15) is 9.18 Å². The summed E-state index contributed by atoms with van der Waals surface area (Å²) in [6.07, 6.45) is 1.49. The summed E-state index contributed by atoms with van der Waals surface area (Å²) < 4.78 is 13.4. The second-order valence-electron chi connectivity index (χ2n) is 3.43. The van der Waals surface area contributed by atoms with Gasteiger partial charge in [-0.05, 0) is 12.1 Å². The van der Waals surface area contributed by atoms with Crippen molar-refractivity contribution in [2.45, 2.75) is 0 Å². The minimum atomic E-state index is -0.790. The molecule has 1 aromatic rings. The zero-order valence-electron chi connectivity index (χ0n) is 9.27. The number of carbonyl (C=O) groups excluding carboxylic acids is 1. The normalized spacial score (nSPS) is 10.0. The van der Waals surface area contributed by atoms with Gasteiger partial charge in [0.15, 0.2) is 0 Å². The highest BCUT2D eigenvalue weighted by molar-refractivity contribution is 5.94. The topological polar surface area (TPSA) is 60.8 Å². The Balaban J connectivity index is 2.96. The van der Waals surface area contributed by atoms with E-state index in [2.05, 4.69) is 6.58 Å². The van der Waals surface area contributed by atoms with E-state index in [1.807, 2.05) is 0 Å². The van der Waals surface area contributed by atoms with Crippen molar-refractivity contribution in [1.82, 2.24) is 4.90 Å². The molecule has 1 rings (SSSR count). The lowest BCUT2D eigenvalue weighted by Crippen LogP contribution is -2.34. The first kappa shape index (κ1) is 13.2. The summed E-state index contributed by atoms with van der Waals surface area (Å²) in [4.78, 5) is 13.2. The molecule has 0 unspecified atom stereocenters. The molecular weight excluding hydrogens is 225 g/mol. The Morgan fingerprint density at radius 2 is 2.24 bits per heavy atom. The zero-order valence-corrected chi connectivity index (χ0v) is 9.27. The molecule has 0 saturated heterocycles. The molecule has 0 heterocycles. The minimum Gasteiger partial charge on any atom is -0.508 e. The predicted molar refractivity (Wildman–Crippen MR) is 61.3 cm³/mol. The molecule has 0 bridgehead atoms.